The normalized spacial score (nSPS) is 10.1. The summed E-state index contributed by atoms with van der Waals surface area (Å²) in [4.78, 5) is 23.6. The number of carbonyl (C=O) groups is 2. The fourth-order valence-electron chi connectivity index (χ4n) is 2.07. The summed E-state index contributed by atoms with van der Waals surface area (Å²) in [5, 5.41) is 3.80. The molecule has 160 valence electrons. The van der Waals surface area contributed by atoms with Crippen molar-refractivity contribution < 1.29 is 19.1 Å². The van der Waals surface area contributed by atoms with Crippen molar-refractivity contribution in [3.8, 4) is 11.5 Å². The van der Waals surface area contributed by atoms with Gasteiger partial charge in [-0.05, 0) is 61.1 Å². The van der Waals surface area contributed by atoms with E-state index >= 15 is 0 Å². The lowest BCUT2D eigenvalue weighted by Gasteiger charge is -2.12. The molecule has 0 radical (unpaired) electrons. The third-order valence-corrected chi connectivity index (χ3v) is 4.44. The van der Waals surface area contributed by atoms with Crippen LogP contribution in [0.15, 0.2) is 42.5 Å². The Bertz CT molecular complexity index is 897. The smallest absolute Gasteiger partial charge is 0.264 e. The highest BCUT2D eigenvalue weighted by atomic mass is 35.5. The Morgan fingerprint density at radius 1 is 0.900 bits per heavy atom. The molecule has 0 atom stereocenters. The van der Waals surface area contributed by atoms with Crippen LogP contribution in [-0.4, -0.2) is 30.1 Å². The molecule has 0 saturated carbocycles. The minimum absolute atomic E-state index is 0.0581. The molecular formula is C19H18Cl3N3O4S. The van der Waals surface area contributed by atoms with E-state index in [9.17, 15) is 9.59 Å². The van der Waals surface area contributed by atoms with Gasteiger partial charge in [0.25, 0.3) is 5.91 Å². The van der Waals surface area contributed by atoms with E-state index in [0.29, 0.717) is 33.0 Å². The third kappa shape index (κ3) is 9.04. The van der Waals surface area contributed by atoms with Gasteiger partial charge in [0.2, 0.25) is 5.91 Å². The van der Waals surface area contributed by atoms with E-state index in [2.05, 4.69) is 16.2 Å². The summed E-state index contributed by atoms with van der Waals surface area (Å²) in [6.45, 7) is 0.0417. The molecule has 0 aromatic heterocycles. The van der Waals surface area contributed by atoms with Gasteiger partial charge in [-0.25, -0.2) is 0 Å². The maximum atomic E-state index is 11.8. The first kappa shape index (κ1) is 24.0. The predicted molar refractivity (Wildman–Crippen MR) is 120 cm³/mol. The molecule has 2 rings (SSSR count). The molecule has 0 aliphatic heterocycles. The molecule has 30 heavy (non-hydrogen) atoms. The molecule has 0 aliphatic rings. The van der Waals surface area contributed by atoms with E-state index in [0.717, 1.165) is 0 Å². The van der Waals surface area contributed by atoms with Crippen LogP contribution in [0.2, 0.25) is 15.1 Å². The number of benzene rings is 2. The number of amides is 2. The zero-order chi connectivity index (χ0) is 21.9. The van der Waals surface area contributed by atoms with Crippen LogP contribution in [0.5, 0.6) is 11.5 Å². The Labute approximate surface area is 193 Å². The van der Waals surface area contributed by atoms with Crippen LogP contribution in [0.4, 0.5) is 0 Å². The molecule has 0 unspecified atom stereocenters. The zero-order valence-electron chi connectivity index (χ0n) is 15.5. The van der Waals surface area contributed by atoms with Crippen molar-refractivity contribution in [3.05, 3.63) is 57.5 Å². The van der Waals surface area contributed by atoms with Gasteiger partial charge in [-0.3, -0.25) is 25.8 Å². The van der Waals surface area contributed by atoms with E-state index in [-0.39, 0.29) is 30.7 Å². The molecule has 0 heterocycles. The monoisotopic (exact) mass is 489 g/mol. The van der Waals surface area contributed by atoms with Gasteiger partial charge < -0.3 is 9.47 Å². The number of carbonyl (C=O) groups excluding carboxylic acids is 2. The molecule has 0 aliphatic carbocycles. The second-order valence-corrected chi connectivity index (χ2v) is 7.51. The zero-order valence-corrected chi connectivity index (χ0v) is 18.6. The van der Waals surface area contributed by atoms with Gasteiger partial charge in [0.05, 0.1) is 11.6 Å². The number of halogens is 3. The average molecular weight is 491 g/mol. The van der Waals surface area contributed by atoms with E-state index in [1.165, 1.54) is 0 Å². The van der Waals surface area contributed by atoms with Gasteiger partial charge in [0, 0.05) is 16.5 Å². The maximum Gasteiger partial charge on any atom is 0.264 e. The van der Waals surface area contributed by atoms with E-state index < -0.39 is 5.91 Å². The largest absolute Gasteiger partial charge is 0.492 e. The Kier molecular flexibility index (Phi) is 9.96. The minimum atomic E-state index is -0.482. The summed E-state index contributed by atoms with van der Waals surface area (Å²) in [5.74, 6) is 0.174. The molecule has 0 saturated heterocycles. The lowest BCUT2D eigenvalue weighted by atomic mass is 10.3. The standard InChI is InChI=1S/C19H18Cl3N3O4S/c20-12-3-6-14(7-4-12)29-11-18(27)23-19(30)25-24-17(26)2-1-9-28-16-8-5-13(21)10-15(16)22/h3-8,10H,1-2,9,11H2,(H,24,26)(H2,23,25,27,30). The molecule has 2 aromatic carbocycles. The fraction of sp³-hybridized carbons (Fsp3) is 0.211. The van der Waals surface area contributed by atoms with Crippen molar-refractivity contribution in [3.63, 3.8) is 0 Å². The lowest BCUT2D eigenvalue weighted by Crippen LogP contribution is -2.49. The number of hydrazine groups is 1. The number of hydrogen-bond acceptors (Lipinski definition) is 5. The molecule has 2 amide bonds. The summed E-state index contributed by atoms with van der Waals surface area (Å²) in [6.07, 6.45) is 0.620. The van der Waals surface area contributed by atoms with Gasteiger partial charge in [-0.1, -0.05) is 34.8 Å². The third-order valence-electron chi connectivity index (χ3n) is 3.45. The molecule has 3 N–H and O–H groups in total. The molecule has 11 heteroatoms. The van der Waals surface area contributed by atoms with Crippen molar-refractivity contribution in [1.29, 1.82) is 0 Å². The molecular weight excluding hydrogens is 473 g/mol. The number of thiocarbonyl (C=S) groups is 1. The number of rotatable bonds is 8. The van der Waals surface area contributed by atoms with Crippen molar-refractivity contribution >= 4 is 63.9 Å². The summed E-state index contributed by atoms with van der Waals surface area (Å²) in [5.41, 5.74) is 4.83. The van der Waals surface area contributed by atoms with Crippen LogP contribution in [-0.2, 0) is 9.59 Å². The minimum Gasteiger partial charge on any atom is -0.492 e. The topological polar surface area (TPSA) is 88.7 Å². The molecule has 0 fully saturated rings. The van der Waals surface area contributed by atoms with Gasteiger partial charge in [-0.15, -0.1) is 0 Å². The summed E-state index contributed by atoms with van der Waals surface area (Å²) in [7, 11) is 0. The SMILES string of the molecule is O=C(CCCOc1ccc(Cl)cc1Cl)NNC(=S)NC(=O)COc1ccc(Cl)cc1. The lowest BCUT2D eigenvalue weighted by molar-refractivity contribution is -0.123. The van der Waals surface area contributed by atoms with Crippen LogP contribution in [0.1, 0.15) is 12.8 Å². The van der Waals surface area contributed by atoms with Gasteiger partial charge >= 0.3 is 0 Å². The first-order valence-corrected chi connectivity index (χ1v) is 10.2. The first-order chi connectivity index (χ1) is 14.3. The van der Waals surface area contributed by atoms with Crippen LogP contribution in [0.25, 0.3) is 0 Å². The number of hydrogen-bond donors (Lipinski definition) is 3. The first-order valence-electron chi connectivity index (χ1n) is 8.68. The second kappa shape index (κ2) is 12.4. The highest BCUT2D eigenvalue weighted by Crippen LogP contribution is 2.27. The van der Waals surface area contributed by atoms with E-state index in [1.807, 2.05) is 0 Å². The van der Waals surface area contributed by atoms with Gasteiger partial charge in [0.15, 0.2) is 11.7 Å². The van der Waals surface area contributed by atoms with Crippen molar-refractivity contribution in [1.82, 2.24) is 16.2 Å². The van der Waals surface area contributed by atoms with Gasteiger partial charge in [0.1, 0.15) is 11.5 Å². The van der Waals surface area contributed by atoms with Gasteiger partial charge in [-0.2, -0.15) is 0 Å². The van der Waals surface area contributed by atoms with Crippen LogP contribution in [0.3, 0.4) is 0 Å². The highest BCUT2D eigenvalue weighted by molar-refractivity contribution is 7.80. The number of ether oxygens (including phenoxy) is 2. The van der Waals surface area contributed by atoms with Crippen LogP contribution in [0, 0.1) is 0 Å². The molecule has 2 aromatic rings. The van der Waals surface area contributed by atoms with Crippen LogP contribution >= 0.6 is 47.0 Å². The Balaban J connectivity index is 1.57. The molecule has 7 nitrogen and oxygen atoms in total. The predicted octanol–water partition coefficient (Wildman–Crippen LogP) is 3.91. The molecule has 0 bridgehead atoms. The Morgan fingerprint density at radius 3 is 2.30 bits per heavy atom. The Hall–Kier alpha value is -2.26. The van der Waals surface area contributed by atoms with Crippen LogP contribution < -0.4 is 25.6 Å². The summed E-state index contributed by atoms with van der Waals surface area (Å²) >= 11 is 22.5. The van der Waals surface area contributed by atoms with Crippen molar-refractivity contribution in [2.75, 3.05) is 13.2 Å². The average Bonchev–Trinajstić information content (AvgIpc) is 2.70. The second-order valence-electron chi connectivity index (χ2n) is 5.82. The highest BCUT2D eigenvalue weighted by Gasteiger charge is 2.08. The van der Waals surface area contributed by atoms with Crippen molar-refractivity contribution in [2.45, 2.75) is 12.8 Å². The van der Waals surface area contributed by atoms with Crippen molar-refractivity contribution in [2.24, 2.45) is 0 Å². The van der Waals surface area contributed by atoms with E-state index in [1.54, 1.807) is 42.5 Å². The Morgan fingerprint density at radius 2 is 1.60 bits per heavy atom. The van der Waals surface area contributed by atoms with E-state index in [4.69, 9.17) is 56.5 Å². The fourth-order valence-corrected chi connectivity index (χ4v) is 2.82. The molecule has 0 spiro atoms. The quantitative estimate of drug-likeness (QED) is 0.295. The maximum absolute atomic E-state index is 11.8. The number of nitrogens with one attached hydrogen (secondary N) is 3. The summed E-state index contributed by atoms with van der Waals surface area (Å²) in [6, 6.07) is 11.5. The summed E-state index contributed by atoms with van der Waals surface area (Å²) < 4.78 is 10.8.